The maximum Gasteiger partial charge on any atom is 0.275 e. The number of rotatable bonds is 3. The topological polar surface area (TPSA) is 73.0 Å². The second kappa shape index (κ2) is 6.40. The fraction of sp³-hybridized carbons (Fsp3) is 0.353. The summed E-state index contributed by atoms with van der Waals surface area (Å²) in [6, 6.07) is 1.51. The van der Waals surface area contributed by atoms with E-state index in [1.165, 1.54) is 50.6 Å². The van der Waals surface area contributed by atoms with E-state index in [-0.39, 0.29) is 5.56 Å². The lowest BCUT2D eigenvalue weighted by atomic mass is 9.97. The van der Waals surface area contributed by atoms with Gasteiger partial charge in [-0.2, -0.15) is 9.61 Å². The van der Waals surface area contributed by atoms with Crippen LogP contribution < -0.4 is 5.56 Å². The maximum atomic E-state index is 12.0. The number of thiophene rings is 1. The van der Waals surface area contributed by atoms with Crippen molar-refractivity contribution in [1.82, 2.24) is 24.6 Å². The van der Waals surface area contributed by atoms with Crippen molar-refractivity contribution in [3.8, 4) is 0 Å². The Morgan fingerprint density at radius 3 is 3.04 bits per heavy atom. The maximum absolute atomic E-state index is 12.0. The van der Waals surface area contributed by atoms with Gasteiger partial charge in [0.1, 0.15) is 21.2 Å². The lowest BCUT2D eigenvalue weighted by Crippen LogP contribution is -2.14. The van der Waals surface area contributed by atoms with Gasteiger partial charge in [0.05, 0.1) is 5.75 Å². The zero-order valence-electron chi connectivity index (χ0n) is 14.1. The highest BCUT2D eigenvalue weighted by molar-refractivity contribution is 7.98. The second-order valence-electron chi connectivity index (χ2n) is 6.28. The molecule has 0 bridgehead atoms. The molecule has 132 valence electrons. The van der Waals surface area contributed by atoms with Crippen LogP contribution >= 0.6 is 34.4 Å². The lowest BCUT2D eigenvalue weighted by molar-refractivity contribution is 0.699. The van der Waals surface area contributed by atoms with E-state index in [1.54, 1.807) is 18.1 Å². The van der Waals surface area contributed by atoms with Crippen LogP contribution in [0.5, 0.6) is 0 Å². The smallest absolute Gasteiger partial charge is 0.267 e. The van der Waals surface area contributed by atoms with E-state index in [9.17, 15) is 4.79 Å². The molecule has 0 spiro atoms. The number of hydrogen-bond donors (Lipinski definition) is 0. The summed E-state index contributed by atoms with van der Waals surface area (Å²) in [7, 11) is 0. The predicted molar refractivity (Wildman–Crippen MR) is 105 cm³/mol. The molecule has 1 aliphatic carbocycles. The van der Waals surface area contributed by atoms with Crippen LogP contribution in [0.3, 0.4) is 0 Å². The third-order valence-corrected chi connectivity index (χ3v) is 7.76. The first-order valence-corrected chi connectivity index (χ1v) is 11.1. The Kier molecular flexibility index (Phi) is 4.02. The average molecular weight is 402 g/mol. The van der Waals surface area contributed by atoms with E-state index >= 15 is 0 Å². The molecule has 0 unspecified atom stereocenters. The van der Waals surface area contributed by atoms with E-state index in [1.807, 2.05) is 18.3 Å². The van der Waals surface area contributed by atoms with Gasteiger partial charge in [-0.1, -0.05) is 23.1 Å². The largest absolute Gasteiger partial charge is 0.275 e. The van der Waals surface area contributed by atoms with E-state index in [4.69, 9.17) is 0 Å². The molecule has 0 N–H and O–H groups in total. The van der Waals surface area contributed by atoms with Crippen LogP contribution in [0.4, 0.5) is 0 Å². The van der Waals surface area contributed by atoms with Crippen molar-refractivity contribution in [2.45, 2.75) is 43.4 Å². The standard InChI is InChI=1S/C17H15N5OS3/c1-9-6-13(23)22-17(20-9)26-12(21-22)7-24-15-14-10-4-2-3-5-11(10)25-16(14)19-8-18-15/h6,8H,2-5,7H2,1H3. The van der Waals surface area contributed by atoms with Gasteiger partial charge in [0.15, 0.2) is 0 Å². The Labute approximate surface area is 161 Å². The van der Waals surface area contributed by atoms with Crippen LogP contribution in [0.2, 0.25) is 0 Å². The van der Waals surface area contributed by atoms with Crippen LogP contribution in [0.1, 0.15) is 34.0 Å². The number of nitrogens with zero attached hydrogens (tertiary/aromatic N) is 5. The highest BCUT2D eigenvalue weighted by atomic mass is 32.2. The molecule has 9 heteroatoms. The summed E-state index contributed by atoms with van der Waals surface area (Å²) in [4.78, 5) is 28.7. The highest BCUT2D eigenvalue weighted by Crippen LogP contribution is 2.39. The Hall–Kier alpha value is -1.84. The molecule has 6 nitrogen and oxygen atoms in total. The normalized spacial score (nSPS) is 14.2. The SMILES string of the molecule is Cc1cc(=O)n2nc(CSc3ncnc4sc5c(c34)CCCC5)sc2n1. The fourth-order valence-corrected chi connectivity index (χ4v) is 6.57. The number of thioether (sulfide) groups is 1. The van der Waals surface area contributed by atoms with Crippen LogP contribution in [0.25, 0.3) is 15.2 Å². The summed E-state index contributed by atoms with van der Waals surface area (Å²) in [6.45, 7) is 1.83. The van der Waals surface area contributed by atoms with E-state index in [0.29, 0.717) is 10.7 Å². The average Bonchev–Trinajstić information content (AvgIpc) is 3.21. The molecular formula is C17H15N5OS3. The van der Waals surface area contributed by atoms with Crippen molar-refractivity contribution in [3.05, 3.63) is 43.9 Å². The van der Waals surface area contributed by atoms with Gasteiger partial charge in [0.2, 0.25) is 4.96 Å². The summed E-state index contributed by atoms with van der Waals surface area (Å²) in [5.41, 5.74) is 2.04. The van der Waals surface area contributed by atoms with Gasteiger partial charge in [-0.05, 0) is 38.2 Å². The lowest BCUT2D eigenvalue weighted by Gasteiger charge is -2.11. The second-order valence-corrected chi connectivity index (χ2v) is 9.37. The first kappa shape index (κ1) is 16.3. The first-order chi connectivity index (χ1) is 12.7. The van der Waals surface area contributed by atoms with Crippen molar-refractivity contribution >= 4 is 49.6 Å². The van der Waals surface area contributed by atoms with Crippen molar-refractivity contribution in [3.63, 3.8) is 0 Å². The number of hydrogen-bond acceptors (Lipinski definition) is 8. The number of aryl methyl sites for hydroxylation is 3. The molecule has 0 fully saturated rings. The van der Waals surface area contributed by atoms with Crippen molar-refractivity contribution in [1.29, 1.82) is 0 Å². The van der Waals surface area contributed by atoms with Gasteiger partial charge in [0.25, 0.3) is 5.56 Å². The van der Waals surface area contributed by atoms with Crippen molar-refractivity contribution in [2.75, 3.05) is 0 Å². The number of fused-ring (bicyclic) bond motifs is 4. The molecule has 4 heterocycles. The summed E-state index contributed by atoms with van der Waals surface area (Å²) >= 11 is 4.94. The molecule has 0 saturated heterocycles. The van der Waals surface area contributed by atoms with E-state index in [0.717, 1.165) is 33.4 Å². The minimum atomic E-state index is -0.128. The van der Waals surface area contributed by atoms with Gasteiger partial charge in [-0.25, -0.2) is 15.0 Å². The van der Waals surface area contributed by atoms with Crippen LogP contribution in [0.15, 0.2) is 22.2 Å². The van der Waals surface area contributed by atoms with Crippen molar-refractivity contribution in [2.24, 2.45) is 0 Å². The third-order valence-electron chi connectivity index (χ3n) is 4.46. The predicted octanol–water partition coefficient (Wildman–Crippen LogP) is 3.64. The van der Waals surface area contributed by atoms with Crippen molar-refractivity contribution < 1.29 is 0 Å². The summed E-state index contributed by atoms with van der Waals surface area (Å²) in [5, 5.41) is 7.54. The van der Waals surface area contributed by atoms with Gasteiger partial charge in [-0.3, -0.25) is 4.79 Å². The number of aromatic nitrogens is 5. The Bertz CT molecular complexity index is 1190. The Morgan fingerprint density at radius 1 is 1.23 bits per heavy atom. The summed E-state index contributed by atoms with van der Waals surface area (Å²) in [5.74, 6) is 0.670. The minimum absolute atomic E-state index is 0.128. The molecule has 4 aromatic rings. The molecule has 26 heavy (non-hydrogen) atoms. The van der Waals surface area contributed by atoms with E-state index < -0.39 is 0 Å². The third kappa shape index (κ3) is 2.74. The van der Waals surface area contributed by atoms with Crippen LogP contribution in [0, 0.1) is 6.92 Å². The molecule has 5 rings (SSSR count). The summed E-state index contributed by atoms with van der Waals surface area (Å²) < 4.78 is 1.38. The molecule has 0 aromatic carbocycles. The summed E-state index contributed by atoms with van der Waals surface area (Å²) in [6.07, 6.45) is 6.44. The minimum Gasteiger partial charge on any atom is -0.267 e. The van der Waals surface area contributed by atoms with Gasteiger partial charge in [0, 0.05) is 22.0 Å². The molecule has 0 radical (unpaired) electrons. The van der Waals surface area contributed by atoms with Gasteiger partial charge >= 0.3 is 0 Å². The zero-order chi connectivity index (χ0) is 17.7. The molecule has 0 amide bonds. The molecule has 1 aliphatic rings. The molecule has 4 aromatic heterocycles. The molecule has 0 atom stereocenters. The molecular weight excluding hydrogens is 386 g/mol. The fourth-order valence-electron chi connectivity index (χ4n) is 3.32. The Morgan fingerprint density at radius 2 is 2.12 bits per heavy atom. The van der Waals surface area contributed by atoms with Crippen LogP contribution in [-0.2, 0) is 18.6 Å². The van der Waals surface area contributed by atoms with Crippen LogP contribution in [-0.4, -0.2) is 24.6 Å². The highest BCUT2D eigenvalue weighted by Gasteiger charge is 2.20. The molecule has 0 saturated carbocycles. The van der Waals surface area contributed by atoms with E-state index in [2.05, 4.69) is 20.1 Å². The van der Waals surface area contributed by atoms with Gasteiger partial charge in [-0.15, -0.1) is 11.3 Å². The molecule has 0 aliphatic heterocycles. The first-order valence-electron chi connectivity index (χ1n) is 8.43. The van der Waals surface area contributed by atoms with Gasteiger partial charge < -0.3 is 0 Å². The monoisotopic (exact) mass is 401 g/mol. The zero-order valence-corrected chi connectivity index (χ0v) is 16.5. The quantitative estimate of drug-likeness (QED) is 0.385. The Balaban J connectivity index is 1.50.